The highest BCUT2D eigenvalue weighted by Crippen LogP contribution is 2.26. The van der Waals surface area contributed by atoms with E-state index in [-0.39, 0.29) is 13.0 Å². The number of carbonyl (C=O) groups excluding carboxylic acids is 1. The Bertz CT molecular complexity index is 197. The molecule has 0 heterocycles. The topological polar surface area (TPSA) is 92.8 Å². The maximum absolute atomic E-state index is 11.2. The third kappa shape index (κ3) is 1.99. The second kappa shape index (κ2) is 4.04. The molecular weight excluding hydrogens is 174 g/mol. The summed E-state index contributed by atoms with van der Waals surface area (Å²) in [5, 5.41) is 18.7. The fourth-order valence-corrected chi connectivity index (χ4v) is 1.55. The lowest BCUT2D eigenvalue weighted by Crippen LogP contribution is -2.36. The fraction of sp³-hybridized carbons (Fsp3) is 0.875. The van der Waals surface area contributed by atoms with Crippen molar-refractivity contribution in [1.82, 2.24) is 0 Å². The molecular formula is C8H15NO4. The van der Waals surface area contributed by atoms with Crippen LogP contribution in [0, 0.1) is 5.92 Å². The van der Waals surface area contributed by atoms with Gasteiger partial charge < -0.3 is 20.7 Å². The molecule has 0 saturated heterocycles. The van der Waals surface area contributed by atoms with Gasteiger partial charge in [-0.25, -0.2) is 0 Å². The molecule has 4 atom stereocenters. The molecule has 13 heavy (non-hydrogen) atoms. The van der Waals surface area contributed by atoms with Crippen molar-refractivity contribution in [2.75, 3.05) is 6.61 Å². The summed E-state index contributed by atoms with van der Waals surface area (Å²) in [6.07, 6.45) is -1.83. The van der Waals surface area contributed by atoms with Gasteiger partial charge in [0.1, 0.15) is 0 Å². The average molecular weight is 189 g/mol. The molecule has 0 aromatic heterocycles. The van der Waals surface area contributed by atoms with Gasteiger partial charge in [-0.1, -0.05) is 0 Å². The summed E-state index contributed by atoms with van der Waals surface area (Å²) in [7, 11) is 0. The molecule has 0 spiro atoms. The molecule has 76 valence electrons. The molecule has 0 aromatic rings. The van der Waals surface area contributed by atoms with Crippen LogP contribution in [0.25, 0.3) is 0 Å². The molecule has 0 aromatic carbocycles. The summed E-state index contributed by atoms with van der Waals surface area (Å²) in [6, 6.07) is -0.538. The van der Waals surface area contributed by atoms with Crippen molar-refractivity contribution in [3.05, 3.63) is 0 Å². The Balaban J connectivity index is 2.57. The number of nitrogens with two attached hydrogens (primary N) is 1. The highest BCUT2D eigenvalue weighted by Gasteiger charge is 2.44. The van der Waals surface area contributed by atoms with E-state index in [0.29, 0.717) is 0 Å². The second-order valence-electron chi connectivity index (χ2n) is 3.24. The Labute approximate surface area is 76.5 Å². The highest BCUT2D eigenvalue weighted by atomic mass is 16.5. The van der Waals surface area contributed by atoms with E-state index in [2.05, 4.69) is 0 Å². The van der Waals surface area contributed by atoms with Crippen LogP contribution in [-0.2, 0) is 9.53 Å². The summed E-state index contributed by atoms with van der Waals surface area (Å²) < 4.78 is 4.73. The van der Waals surface area contributed by atoms with Crippen LogP contribution in [0.15, 0.2) is 0 Å². The van der Waals surface area contributed by atoms with Crippen molar-refractivity contribution in [3.8, 4) is 0 Å². The van der Waals surface area contributed by atoms with Crippen molar-refractivity contribution in [1.29, 1.82) is 0 Å². The standard InChI is InChI=1S/C8H15NO4/c1-2-13-8(12)4-3-5(9)7(11)6(4)10/h4-7,10-11H,2-3,9H2,1H3/t4-,5+,6-,7-/m1/s1. The number of ether oxygens (including phenoxy) is 1. The molecule has 0 unspecified atom stereocenters. The van der Waals surface area contributed by atoms with Gasteiger partial charge in [-0.05, 0) is 13.3 Å². The number of aliphatic hydroxyl groups is 2. The quantitative estimate of drug-likeness (QED) is 0.465. The van der Waals surface area contributed by atoms with Gasteiger partial charge in [0.2, 0.25) is 0 Å². The van der Waals surface area contributed by atoms with Crippen LogP contribution in [0.5, 0.6) is 0 Å². The minimum atomic E-state index is -1.09. The molecule has 1 aliphatic carbocycles. The third-order valence-electron chi connectivity index (χ3n) is 2.32. The van der Waals surface area contributed by atoms with E-state index in [1.807, 2.05) is 0 Å². The number of rotatable bonds is 2. The molecule has 4 N–H and O–H groups in total. The van der Waals surface area contributed by atoms with Crippen LogP contribution in [0.2, 0.25) is 0 Å². The second-order valence-corrected chi connectivity index (χ2v) is 3.24. The molecule has 1 saturated carbocycles. The molecule has 1 rings (SSSR count). The predicted molar refractivity (Wildman–Crippen MR) is 44.7 cm³/mol. The molecule has 5 nitrogen and oxygen atoms in total. The monoisotopic (exact) mass is 189 g/mol. The number of hydrogen-bond acceptors (Lipinski definition) is 5. The first-order valence-corrected chi connectivity index (χ1v) is 4.36. The van der Waals surface area contributed by atoms with Gasteiger partial charge in [0.15, 0.2) is 0 Å². The van der Waals surface area contributed by atoms with Crippen LogP contribution < -0.4 is 5.73 Å². The molecule has 0 amide bonds. The Hall–Kier alpha value is -0.650. The zero-order chi connectivity index (χ0) is 10.0. The zero-order valence-electron chi connectivity index (χ0n) is 7.51. The Morgan fingerprint density at radius 2 is 2.15 bits per heavy atom. The summed E-state index contributed by atoms with van der Waals surface area (Å²) in [6.45, 7) is 1.96. The van der Waals surface area contributed by atoms with E-state index in [9.17, 15) is 15.0 Å². The summed E-state index contributed by atoms with van der Waals surface area (Å²) in [5.41, 5.74) is 5.48. The molecule has 0 aliphatic heterocycles. The lowest BCUT2D eigenvalue weighted by atomic mass is 10.1. The zero-order valence-corrected chi connectivity index (χ0v) is 7.51. The van der Waals surface area contributed by atoms with E-state index >= 15 is 0 Å². The lowest BCUT2D eigenvalue weighted by molar-refractivity contribution is -0.152. The van der Waals surface area contributed by atoms with E-state index < -0.39 is 30.1 Å². The number of esters is 1. The Kier molecular flexibility index (Phi) is 3.24. The van der Waals surface area contributed by atoms with Crippen LogP contribution in [0.4, 0.5) is 0 Å². The molecule has 0 bridgehead atoms. The van der Waals surface area contributed by atoms with E-state index in [4.69, 9.17) is 10.5 Å². The third-order valence-corrected chi connectivity index (χ3v) is 2.32. The fourth-order valence-electron chi connectivity index (χ4n) is 1.55. The minimum Gasteiger partial charge on any atom is -0.466 e. The van der Waals surface area contributed by atoms with E-state index in [0.717, 1.165) is 0 Å². The maximum Gasteiger partial charge on any atom is 0.311 e. The Morgan fingerprint density at radius 3 is 2.54 bits per heavy atom. The Morgan fingerprint density at radius 1 is 1.54 bits per heavy atom. The van der Waals surface area contributed by atoms with Crippen LogP contribution in [0.3, 0.4) is 0 Å². The van der Waals surface area contributed by atoms with E-state index in [1.54, 1.807) is 6.92 Å². The number of aliphatic hydroxyl groups excluding tert-OH is 2. The first-order chi connectivity index (χ1) is 6.07. The SMILES string of the molecule is CCOC(=O)[C@@H]1C[C@H](N)[C@@H](O)[C@@H]1O. The normalized spacial score (nSPS) is 39.1. The van der Waals surface area contributed by atoms with Gasteiger partial charge in [0.25, 0.3) is 0 Å². The van der Waals surface area contributed by atoms with Gasteiger partial charge in [0, 0.05) is 6.04 Å². The molecule has 0 radical (unpaired) electrons. The van der Waals surface area contributed by atoms with E-state index in [1.165, 1.54) is 0 Å². The van der Waals surface area contributed by atoms with Crippen molar-refractivity contribution < 1.29 is 19.7 Å². The van der Waals surface area contributed by atoms with Crippen LogP contribution in [-0.4, -0.2) is 41.0 Å². The summed E-state index contributed by atoms with van der Waals surface area (Å²) in [5.74, 6) is -1.16. The largest absolute Gasteiger partial charge is 0.466 e. The van der Waals surface area contributed by atoms with Crippen LogP contribution in [0.1, 0.15) is 13.3 Å². The van der Waals surface area contributed by atoms with Crippen molar-refractivity contribution in [2.45, 2.75) is 31.6 Å². The molecule has 1 fully saturated rings. The van der Waals surface area contributed by atoms with Gasteiger partial charge in [0.05, 0.1) is 24.7 Å². The van der Waals surface area contributed by atoms with Crippen molar-refractivity contribution in [2.24, 2.45) is 11.7 Å². The smallest absolute Gasteiger partial charge is 0.311 e. The predicted octanol–water partition coefficient (Wildman–Crippen LogP) is -1.38. The molecule has 5 heteroatoms. The summed E-state index contributed by atoms with van der Waals surface area (Å²) >= 11 is 0. The van der Waals surface area contributed by atoms with Crippen LogP contribution >= 0.6 is 0 Å². The maximum atomic E-state index is 11.2. The number of hydrogen-bond donors (Lipinski definition) is 3. The van der Waals surface area contributed by atoms with Gasteiger partial charge >= 0.3 is 5.97 Å². The molecule has 1 aliphatic rings. The van der Waals surface area contributed by atoms with Crippen molar-refractivity contribution in [3.63, 3.8) is 0 Å². The van der Waals surface area contributed by atoms with Gasteiger partial charge in [-0.15, -0.1) is 0 Å². The van der Waals surface area contributed by atoms with Gasteiger partial charge in [-0.3, -0.25) is 4.79 Å². The first kappa shape index (κ1) is 10.4. The highest BCUT2D eigenvalue weighted by molar-refractivity contribution is 5.73. The lowest BCUT2D eigenvalue weighted by Gasteiger charge is -2.14. The minimum absolute atomic E-state index is 0.271. The average Bonchev–Trinajstić information content (AvgIpc) is 2.33. The van der Waals surface area contributed by atoms with Crippen molar-refractivity contribution >= 4 is 5.97 Å². The first-order valence-electron chi connectivity index (χ1n) is 4.36. The van der Waals surface area contributed by atoms with Gasteiger partial charge in [-0.2, -0.15) is 0 Å². The summed E-state index contributed by atoms with van der Waals surface area (Å²) in [4.78, 5) is 11.2. The number of carbonyl (C=O) groups is 1.